The lowest BCUT2D eigenvalue weighted by atomic mass is 9.74. The number of amides is 3. The minimum atomic E-state index is -0.440. The van der Waals surface area contributed by atoms with E-state index in [1.165, 1.54) is 17.0 Å². The predicted octanol–water partition coefficient (Wildman–Crippen LogP) is 5.04. The van der Waals surface area contributed by atoms with Crippen molar-refractivity contribution in [2.75, 3.05) is 4.90 Å². The van der Waals surface area contributed by atoms with Crippen LogP contribution in [0.3, 0.4) is 0 Å². The van der Waals surface area contributed by atoms with Crippen LogP contribution >= 0.6 is 11.6 Å². The molecule has 1 N–H and O–H groups in total. The normalized spacial score (nSPS) is 23.9. The highest BCUT2D eigenvalue weighted by atomic mass is 35.5. The van der Waals surface area contributed by atoms with Gasteiger partial charge in [-0.2, -0.15) is 0 Å². The van der Waals surface area contributed by atoms with Gasteiger partial charge >= 0.3 is 6.03 Å². The van der Waals surface area contributed by atoms with Crippen LogP contribution in [0.1, 0.15) is 30.7 Å². The van der Waals surface area contributed by atoms with Crippen molar-refractivity contribution in [1.82, 2.24) is 10.3 Å². The molecule has 3 atom stereocenters. The quantitative estimate of drug-likeness (QED) is 0.628. The maximum Gasteiger partial charge on any atom is 0.329 e. The average Bonchev–Trinajstić information content (AvgIpc) is 2.73. The average molecular weight is 424 g/mol. The van der Waals surface area contributed by atoms with E-state index in [1.807, 2.05) is 24.3 Å². The van der Waals surface area contributed by atoms with E-state index < -0.39 is 6.03 Å². The van der Waals surface area contributed by atoms with Crippen molar-refractivity contribution in [2.45, 2.75) is 31.2 Å². The van der Waals surface area contributed by atoms with Crippen LogP contribution in [0.4, 0.5) is 14.9 Å². The molecule has 2 fully saturated rings. The molecule has 1 saturated carbocycles. The number of pyridine rings is 1. The summed E-state index contributed by atoms with van der Waals surface area (Å²) in [6.07, 6.45) is 5.23. The molecule has 1 aliphatic carbocycles. The summed E-state index contributed by atoms with van der Waals surface area (Å²) in [6.45, 7) is 0. The Morgan fingerprint density at radius 3 is 2.77 bits per heavy atom. The molecule has 3 amide bonds. The topological polar surface area (TPSA) is 62.3 Å². The number of benzene rings is 2. The van der Waals surface area contributed by atoms with Gasteiger partial charge in [0.05, 0.1) is 17.8 Å². The first-order valence-electron chi connectivity index (χ1n) is 9.95. The van der Waals surface area contributed by atoms with Crippen LogP contribution in [0.5, 0.6) is 0 Å². The van der Waals surface area contributed by atoms with Crippen LogP contribution in [-0.4, -0.2) is 23.0 Å². The molecule has 2 aromatic carbocycles. The number of fused-ring (bicyclic) bond motifs is 2. The van der Waals surface area contributed by atoms with Crippen LogP contribution in [0.2, 0.25) is 5.02 Å². The second kappa shape index (κ2) is 7.36. The zero-order valence-electron chi connectivity index (χ0n) is 16.0. The van der Waals surface area contributed by atoms with Gasteiger partial charge in [-0.15, -0.1) is 0 Å². The Morgan fingerprint density at radius 2 is 1.93 bits per heavy atom. The maximum atomic E-state index is 13.4. The third-order valence-electron chi connectivity index (χ3n) is 6.19. The Bertz CT molecular complexity index is 1160. The zero-order chi connectivity index (χ0) is 20.8. The molecule has 3 aromatic rings. The van der Waals surface area contributed by atoms with Gasteiger partial charge in [-0.1, -0.05) is 41.9 Å². The second-order valence-electron chi connectivity index (χ2n) is 7.89. The van der Waals surface area contributed by atoms with E-state index in [4.69, 9.17) is 11.6 Å². The van der Waals surface area contributed by atoms with Gasteiger partial charge in [0, 0.05) is 28.0 Å². The van der Waals surface area contributed by atoms with Gasteiger partial charge in [-0.3, -0.25) is 9.78 Å². The number of imide groups is 1. The standard InChI is InChI=1S/C23H19ClFN3O2/c24-19-10-15(25)6-8-16(19)13-5-7-18-20(9-13)27-23(30)28(22(18)29)21-12-26-11-14-3-1-2-4-17(14)21/h1-4,6,8,10-13,18,20H,5,7,9H2,(H,27,30). The van der Waals surface area contributed by atoms with Crippen molar-refractivity contribution in [1.29, 1.82) is 0 Å². The van der Waals surface area contributed by atoms with Gasteiger partial charge in [0.2, 0.25) is 5.91 Å². The van der Waals surface area contributed by atoms with Crippen molar-refractivity contribution in [2.24, 2.45) is 5.92 Å². The number of carbonyl (C=O) groups is 2. The van der Waals surface area contributed by atoms with E-state index in [9.17, 15) is 14.0 Å². The van der Waals surface area contributed by atoms with Gasteiger partial charge in [0.25, 0.3) is 0 Å². The number of anilines is 1. The van der Waals surface area contributed by atoms with Gasteiger partial charge in [-0.05, 0) is 42.9 Å². The monoisotopic (exact) mass is 423 g/mol. The molecule has 5 rings (SSSR count). The SMILES string of the molecule is O=C1NC2CC(c3ccc(F)cc3Cl)CCC2C(=O)N1c1cncc2ccccc12. The highest BCUT2D eigenvalue weighted by molar-refractivity contribution is 6.31. The molecule has 1 saturated heterocycles. The number of halogens is 2. The molecule has 152 valence electrons. The van der Waals surface area contributed by atoms with Crippen molar-refractivity contribution < 1.29 is 14.0 Å². The Hall–Kier alpha value is -2.99. The number of nitrogens with one attached hydrogen (secondary N) is 1. The van der Waals surface area contributed by atoms with E-state index in [-0.39, 0.29) is 29.6 Å². The Balaban J connectivity index is 1.43. The van der Waals surface area contributed by atoms with Crippen LogP contribution in [0, 0.1) is 11.7 Å². The molecule has 5 nitrogen and oxygen atoms in total. The summed E-state index contributed by atoms with van der Waals surface area (Å²) in [5.41, 5.74) is 1.36. The largest absolute Gasteiger partial charge is 0.334 e. The van der Waals surface area contributed by atoms with Crippen LogP contribution < -0.4 is 10.2 Å². The van der Waals surface area contributed by atoms with Crippen molar-refractivity contribution in [3.63, 3.8) is 0 Å². The summed E-state index contributed by atoms with van der Waals surface area (Å²) < 4.78 is 13.4. The zero-order valence-corrected chi connectivity index (χ0v) is 16.8. The number of urea groups is 1. The first-order chi connectivity index (χ1) is 14.5. The van der Waals surface area contributed by atoms with E-state index in [1.54, 1.807) is 18.5 Å². The third-order valence-corrected chi connectivity index (χ3v) is 6.52. The summed E-state index contributed by atoms with van der Waals surface area (Å²) in [5, 5.41) is 5.07. The minimum Gasteiger partial charge on any atom is -0.334 e. The maximum absolute atomic E-state index is 13.4. The Labute approximate surface area is 177 Å². The second-order valence-corrected chi connectivity index (χ2v) is 8.30. The molecule has 2 aliphatic rings. The molecule has 0 spiro atoms. The van der Waals surface area contributed by atoms with Crippen LogP contribution in [0.25, 0.3) is 10.8 Å². The Morgan fingerprint density at radius 1 is 1.10 bits per heavy atom. The fourth-order valence-corrected chi connectivity index (χ4v) is 5.06. The molecule has 30 heavy (non-hydrogen) atoms. The number of rotatable bonds is 2. The molecule has 1 aromatic heterocycles. The van der Waals surface area contributed by atoms with Gasteiger partial charge < -0.3 is 5.32 Å². The van der Waals surface area contributed by atoms with Gasteiger partial charge in [0.15, 0.2) is 0 Å². The highest BCUT2D eigenvalue weighted by Gasteiger charge is 2.45. The highest BCUT2D eigenvalue weighted by Crippen LogP contribution is 2.42. The van der Waals surface area contributed by atoms with Crippen molar-refractivity contribution in [3.05, 3.63) is 71.3 Å². The minimum absolute atomic E-state index is 0.0678. The van der Waals surface area contributed by atoms with Gasteiger partial charge in [0.1, 0.15) is 5.82 Å². The lowest BCUT2D eigenvalue weighted by Gasteiger charge is -2.42. The van der Waals surface area contributed by atoms with E-state index in [0.717, 1.165) is 22.8 Å². The smallest absolute Gasteiger partial charge is 0.329 e. The van der Waals surface area contributed by atoms with Gasteiger partial charge in [-0.25, -0.2) is 14.1 Å². The summed E-state index contributed by atoms with van der Waals surface area (Å²) in [7, 11) is 0. The third kappa shape index (κ3) is 3.12. The molecule has 7 heteroatoms. The molecular weight excluding hydrogens is 405 g/mol. The van der Waals surface area contributed by atoms with Crippen molar-refractivity contribution in [3.8, 4) is 0 Å². The molecule has 0 radical (unpaired) electrons. The number of hydrogen-bond acceptors (Lipinski definition) is 3. The molecule has 1 aliphatic heterocycles. The Kier molecular flexibility index (Phi) is 4.66. The van der Waals surface area contributed by atoms with Crippen molar-refractivity contribution >= 4 is 40.0 Å². The molecule has 0 bridgehead atoms. The van der Waals surface area contributed by atoms with Crippen LogP contribution in [0.15, 0.2) is 54.9 Å². The van der Waals surface area contributed by atoms with E-state index in [0.29, 0.717) is 23.6 Å². The van der Waals surface area contributed by atoms with Crippen LogP contribution in [-0.2, 0) is 4.79 Å². The van der Waals surface area contributed by atoms with E-state index >= 15 is 0 Å². The summed E-state index contributed by atoms with van der Waals surface area (Å²) in [4.78, 5) is 31.7. The number of carbonyl (C=O) groups excluding carboxylic acids is 2. The lowest BCUT2D eigenvalue weighted by molar-refractivity contribution is -0.124. The fraction of sp³-hybridized carbons (Fsp3) is 0.261. The number of nitrogens with zero attached hydrogens (tertiary/aromatic N) is 2. The molecular formula is C23H19ClFN3O2. The summed E-state index contributed by atoms with van der Waals surface area (Å²) >= 11 is 6.24. The predicted molar refractivity (Wildman–Crippen MR) is 113 cm³/mol. The lowest BCUT2D eigenvalue weighted by Crippen LogP contribution is -2.61. The van der Waals surface area contributed by atoms with E-state index in [2.05, 4.69) is 10.3 Å². The molecule has 2 heterocycles. The number of hydrogen-bond donors (Lipinski definition) is 1. The first kappa shape index (κ1) is 19.0. The first-order valence-corrected chi connectivity index (χ1v) is 10.3. The number of aromatic nitrogens is 1. The summed E-state index contributed by atoms with van der Waals surface area (Å²) in [6, 6.07) is 11.2. The fourth-order valence-electron chi connectivity index (χ4n) is 4.74. The molecule has 3 unspecified atom stereocenters. The summed E-state index contributed by atoms with van der Waals surface area (Å²) in [5.74, 6) is -0.821.